The number of benzene rings is 1. The van der Waals surface area contributed by atoms with Crippen LogP contribution < -0.4 is 0 Å². The topological polar surface area (TPSA) is 40.5 Å². The molecule has 0 heterocycles. The molecule has 0 saturated heterocycles. The van der Waals surface area contributed by atoms with E-state index in [1.807, 2.05) is 4.90 Å². The fourth-order valence-electron chi connectivity index (χ4n) is 2.32. The standard InChI is InChI=1S/C15H18ClNO2/c16-12-5-6-13(14(18)7-12)15(19)17(8-10-1-2-10)9-11-3-4-11/h5-7,10-11,18H,1-4,8-9H2. The minimum absolute atomic E-state index is 0.0194. The van der Waals surface area contributed by atoms with E-state index in [1.165, 1.54) is 31.7 Å². The zero-order valence-electron chi connectivity index (χ0n) is 10.8. The summed E-state index contributed by atoms with van der Waals surface area (Å²) in [7, 11) is 0. The molecular weight excluding hydrogens is 262 g/mol. The first-order valence-corrected chi connectivity index (χ1v) is 7.29. The van der Waals surface area contributed by atoms with Crippen molar-refractivity contribution in [2.75, 3.05) is 13.1 Å². The van der Waals surface area contributed by atoms with E-state index < -0.39 is 0 Å². The number of nitrogens with zero attached hydrogens (tertiary/aromatic N) is 1. The minimum Gasteiger partial charge on any atom is -0.507 e. The maximum Gasteiger partial charge on any atom is 0.257 e. The van der Waals surface area contributed by atoms with Gasteiger partial charge < -0.3 is 10.0 Å². The summed E-state index contributed by atoms with van der Waals surface area (Å²) in [4.78, 5) is 14.4. The Morgan fingerprint density at radius 1 is 1.21 bits per heavy atom. The van der Waals surface area contributed by atoms with Crippen molar-refractivity contribution in [1.29, 1.82) is 0 Å². The van der Waals surface area contributed by atoms with Gasteiger partial charge in [0.1, 0.15) is 5.75 Å². The molecule has 2 saturated carbocycles. The molecule has 0 radical (unpaired) electrons. The summed E-state index contributed by atoms with van der Waals surface area (Å²) in [6.07, 6.45) is 4.89. The van der Waals surface area contributed by atoms with Crippen LogP contribution in [0.4, 0.5) is 0 Å². The van der Waals surface area contributed by atoms with Crippen LogP contribution in [-0.2, 0) is 0 Å². The average molecular weight is 280 g/mol. The molecule has 4 heteroatoms. The Bertz CT molecular complexity index is 481. The SMILES string of the molecule is O=C(c1ccc(Cl)cc1O)N(CC1CC1)CC1CC1. The van der Waals surface area contributed by atoms with E-state index >= 15 is 0 Å². The van der Waals surface area contributed by atoms with Gasteiger partial charge in [0.15, 0.2) is 0 Å². The Morgan fingerprint density at radius 2 is 1.79 bits per heavy atom. The van der Waals surface area contributed by atoms with E-state index in [0.717, 1.165) is 13.1 Å². The number of phenolic OH excluding ortho intramolecular Hbond substituents is 1. The summed E-state index contributed by atoms with van der Waals surface area (Å²) in [5.74, 6) is 1.25. The van der Waals surface area contributed by atoms with E-state index in [0.29, 0.717) is 22.4 Å². The van der Waals surface area contributed by atoms with Gasteiger partial charge in [-0.15, -0.1) is 0 Å². The van der Waals surface area contributed by atoms with Crippen LogP contribution in [0.25, 0.3) is 0 Å². The summed E-state index contributed by atoms with van der Waals surface area (Å²) < 4.78 is 0. The van der Waals surface area contributed by atoms with Gasteiger partial charge in [0.2, 0.25) is 0 Å². The van der Waals surface area contributed by atoms with Crippen LogP contribution in [0.1, 0.15) is 36.0 Å². The van der Waals surface area contributed by atoms with E-state index in [4.69, 9.17) is 11.6 Å². The second kappa shape index (κ2) is 5.04. The quantitative estimate of drug-likeness (QED) is 0.898. The van der Waals surface area contributed by atoms with E-state index in [-0.39, 0.29) is 11.7 Å². The lowest BCUT2D eigenvalue weighted by Crippen LogP contribution is -2.34. The van der Waals surface area contributed by atoms with Crippen LogP contribution in [0.5, 0.6) is 5.75 Å². The zero-order valence-corrected chi connectivity index (χ0v) is 11.6. The highest BCUT2D eigenvalue weighted by Crippen LogP contribution is 2.35. The Morgan fingerprint density at radius 3 is 2.26 bits per heavy atom. The number of carbonyl (C=O) groups excluding carboxylic acids is 1. The molecule has 2 aliphatic rings. The highest BCUT2D eigenvalue weighted by atomic mass is 35.5. The van der Waals surface area contributed by atoms with Crippen molar-refractivity contribution in [1.82, 2.24) is 4.90 Å². The molecule has 19 heavy (non-hydrogen) atoms. The fraction of sp³-hybridized carbons (Fsp3) is 0.533. The highest BCUT2D eigenvalue weighted by Gasteiger charge is 2.32. The monoisotopic (exact) mass is 279 g/mol. The molecular formula is C15H18ClNO2. The molecule has 0 aliphatic heterocycles. The summed E-state index contributed by atoms with van der Waals surface area (Å²) in [6.45, 7) is 1.66. The van der Waals surface area contributed by atoms with Crippen molar-refractivity contribution in [3.8, 4) is 5.75 Å². The Labute approximate surface area is 118 Å². The van der Waals surface area contributed by atoms with Crippen LogP contribution in [0.15, 0.2) is 18.2 Å². The van der Waals surface area contributed by atoms with Crippen molar-refractivity contribution in [3.05, 3.63) is 28.8 Å². The first-order chi connectivity index (χ1) is 9.13. The Kier molecular flexibility index (Phi) is 3.40. The zero-order chi connectivity index (χ0) is 13.4. The molecule has 1 aromatic carbocycles. The van der Waals surface area contributed by atoms with Crippen LogP contribution in [0.2, 0.25) is 5.02 Å². The fourth-order valence-corrected chi connectivity index (χ4v) is 2.49. The summed E-state index contributed by atoms with van der Waals surface area (Å²) in [6, 6.07) is 4.70. The van der Waals surface area contributed by atoms with Crippen molar-refractivity contribution in [2.24, 2.45) is 11.8 Å². The predicted molar refractivity (Wildman–Crippen MR) is 74.5 cm³/mol. The van der Waals surface area contributed by atoms with Crippen molar-refractivity contribution in [2.45, 2.75) is 25.7 Å². The largest absolute Gasteiger partial charge is 0.507 e. The van der Waals surface area contributed by atoms with Crippen LogP contribution in [0, 0.1) is 11.8 Å². The van der Waals surface area contributed by atoms with Crippen molar-refractivity contribution < 1.29 is 9.90 Å². The van der Waals surface area contributed by atoms with Gasteiger partial charge in [-0.3, -0.25) is 4.79 Å². The number of hydrogen-bond donors (Lipinski definition) is 1. The second-order valence-electron chi connectivity index (χ2n) is 5.76. The van der Waals surface area contributed by atoms with Gasteiger partial charge in [0, 0.05) is 18.1 Å². The lowest BCUT2D eigenvalue weighted by molar-refractivity contribution is 0.0736. The van der Waals surface area contributed by atoms with Gasteiger partial charge in [-0.2, -0.15) is 0 Å². The normalized spacial score (nSPS) is 18.4. The van der Waals surface area contributed by atoms with Crippen molar-refractivity contribution in [3.63, 3.8) is 0 Å². The molecule has 3 rings (SSSR count). The molecule has 3 nitrogen and oxygen atoms in total. The number of halogens is 1. The first kappa shape index (κ1) is 12.8. The van der Waals surface area contributed by atoms with Gasteiger partial charge in [-0.05, 0) is 55.7 Å². The average Bonchev–Trinajstić information content (AvgIpc) is 3.22. The summed E-state index contributed by atoms with van der Waals surface area (Å²) in [5, 5.41) is 10.3. The van der Waals surface area contributed by atoms with E-state index in [9.17, 15) is 9.90 Å². The van der Waals surface area contributed by atoms with Gasteiger partial charge in [-0.1, -0.05) is 11.6 Å². The molecule has 2 fully saturated rings. The van der Waals surface area contributed by atoms with E-state index in [1.54, 1.807) is 12.1 Å². The van der Waals surface area contributed by atoms with Gasteiger partial charge >= 0.3 is 0 Å². The molecule has 0 atom stereocenters. The third kappa shape index (κ3) is 3.21. The van der Waals surface area contributed by atoms with Crippen LogP contribution in [0.3, 0.4) is 0 Å². The van der Waals surface area contributed by atoms with Gasteiger partial charge in [-0.25, -0.2) is 0 Å². The lowest BCUT2D eigenvalue weighted by atomic mass is 10.1. The predicted octanol–water partition coefficient (Wildman–Crippen LogP) is 3.31. The molecule has 0 unspecified atom stereocenters. The maximum atomic E-state index is 12.5. The maximum absolute atomic E-state index is 12.5. The molecule has 1 aromatic rings. The Balaban J connectivity index is 1.76. The third-order valence-electron chi connectivity index (χ3n) is 3.83. The second-order valence-corrected chi connectivity index (χ2v) is 6.19. The van der Waals surface area contributed by atoms with Gasteiger partial charge in [0.25, 0.3) is 5.91 Å². The minimum atomic E-state index is -0.0621. The van der Waals surface area contributed by atoms with Crippen LogP contribution >= 0.6 is 11.6 Å². The smallest absolute Gasteiger partial charge is 0.257 e. The van der Waals surface area contributed by atoms with Crippen LogP contribution in [-0.4, -0.2) is 29.0 Å². The molecule has 1 amide bonds. The molecule has 0 bridgehead atoms. The number of hydrogen-bond acceptors (Lipinski definition) is 2. The van der Waals surface area contributed by atoms with Crippen molar-refractivity contribution >= 4 is 17.5 Å². The first-order valence-electron chi connectivity index (χ1n) is 6.91. The number of amides is 1. The molecule has 0 spiro atoms. The molecule has 102 valence electrons. The number of aromatic hydroxyl groups is 1. The number of rotatable bonds is 5. The molecule has 2 aliphatic carbocycles. The summed E-state index contributed by atoms with van der Waals surface area (Å²) >= 11 is 5.80. The Hall–Kier alpha value is -1.22. The number of carbonyl (C=O) groups is 1. The summed E-state index contributed by atoms with van der Waals surface area (Å²) in [5.41, 5.74) is 0.366. The van der Waals surface area contributed by atoms with E-state index in [2.05, 4.69) is 0 Å². The third-order valence-corrected chi connectivity index (χ3v) is 4.06. The number of phenols is 1. The highest BCUT2D eigenvalue weighted by molar-refractivity contribution is 6.30. The molecule has 1 N–H and O–H groups in total. The lowest BCUT2D eigenvalue weighted by Gasteiger charge is -2.23. The molecule has 0 aromatic heterocycles. The van der Waals surface area contributed by atoms with Gasteiger partial charge in [0.05, 0.1) is 5.56 Å².